The Kier molecular flexibility index (Phi) is 3.84. The van der Waals surface area contributed by atoms with E-state index in [1.807, 2.05) is 0 Å². The van der Waals surface area contributed by atoms with E-state index in [1.54, 1.807) is 18.3 Å². The predicted octanol–water partition coefficient (Wildman–Crippen LogP) is 1.85. The standard InChI is InChI=1S/C10H9BrF3N5O/c1-19-7(5(11)3-16-19)4-15-9(20)6-2-8(18-17-6)10(12,13)14/h2-3H,4H2,1H3,(H,15,20)(H,17,18). The zero-order valence-corrected chi connectivity index (χ0v) is 11.7. The minimum Gasteiger partial charge on any atom is -0.345 e. The number of carbonyl (C=O) groups is 1. The molecule has 2 heterocycles. The Balaban J connectivity index is 2.04. The van der Waals surface area contributed by atoms with Crippen LogP contribution in [0.5, 0.6) is 0 Å². The van der Waals surface area contributed by atoms with Gasteiger partial charge in [-0.3, -0.25) is 14.6 Å². The van der Waals surface area contributed by atoms with Crippen LogP contribution in [0.1, 0.15) is 21.9 Å². The van der Waals surface area contributed by atoms with Gasteiger partial charge < -0.3 is 5.32 Å². The van der Waals surface area contributed by atoms with Crippen LogP contribution in [0, 0.1) is 0 Å². The van der Waals surface area contributed by atoms with Crippen molar-refractivity contribution < 1.29 is 18.0 Å². The summed E-state index contributed by atoms with van der Waals surface area (Å²) in [6.45, 7) is 0.115. The number of H-pyrrole nitrogens is 1. The molecule has 0 bridgehead atoms. The maximum Gasteiger partial charge on any atom is 0.432 e. The molecule has 2 rings (SSSR count). The highest BCUT2D eigenvalue weighted by Gasteiger charge is 2.33. The summed E-state index contributed by atoms with van der Waals surface area (Å²) in [7, 11) is 1.68. The number of halogens is 4. The van der Waals surface area contributed by atoms with Crippen LogP contribution in [0.25, 0.3) is 0 Å². The normalized spacial score (nSPS) is 11.7. The number of nitrogens with one attached hydrogen (secondary N) is 2. The molecule has 0 saturated carbocycles. The first kappa shape index (κ1) is 14.6. The van der Waals surface area contributed by atoms with Gasteiger partial charge in [0.05, 0.1) is 22.9 Å². The van der Waals surface area contributed by atoms with Crippen LogP contribution in [-0.4, -0.2) is 25.9 Å². The van der Waals surface area contributed by atoms with Crippen molar-refractivity contribution in [1.82, 2.24) is 25.3 Å². The van der Waals surface area contributed by atoms with Gasteiger partial charge in [0.1, 0.15) is 5.69 Å². The summed E-state index contributed by atoms with van der Waals surface area (Å²) in [5.41, 5.74) is -0.704. The molecule has 0 aliphatic carbocycles. The summed E-state index contributed by atoms with van der Waals surface area (Å²) in [6.07, 6.45) is -3.01. The molecule has 1 amide bonds. The van der Waals surface area contributed by atoms with E-state index in [1.165, 1.54) is 4.68 Å². The zero-order valence-electron chi connectivity index (χ0n) is 10.1. The average molecular weight is 352 g/mol. The van der Waals surface area contributed by atoms with E-state index in [-0.39, 0.29) is 12.2 Å². The van der Waals surface area contributed by atoms with Crippen molar-refractivity contribution in [2.75, 3.05) is 0 Å². The third kappa shape index (κ3) is 3.00. The van der Waals surface area contributed by atoms with Gasteiger partial charge in [-0.15, -0.1) is 0 Å². The van der Waals surface area contributed by atoms with Crippen molar-refractivity contribution in [2.45, 2.75) is 12.7 Å². The van der Waals surface area contributed by atoms with Crippen molar-refractivity contribution in [1.29, 1.82) is 0 Å². The molecule has 0 radical (unpaired) electrons. The van der Waals surface area contributed by atoms with E-state index in [0.29, 0.717) is 16.2 Å². The second-order valence-electron chi connectivity index (χ2n) is 3.91. The maximum atomic E-state index is 12.4. The van der Waals surface area contributed by atoms with E-state index in [2.05, 4.69) is 31.4 Å². The Hall–Kier alpha value is -1.84. The van der Waals surface area contributed by atoms with Gasteiger partial charge in [0.25, 0.3) is 5.91 Å². The van der Waals surface area contributed by atoms with Crippen LogP contribution in [-0.2, 0) is 19.8 Å². The molecule has 0 fully saturated rings. The third-order valence-electron chi connectivity index (χ3n) is 2.54. The van der Waals surface area contributed by atoms with Crippen LogP contribution < -0.4 is 5.32 Å². The van der Waals surface area contributed by atoms with Crippen LogP contribution in [0.4, 0.5) is 13.2 Å². The summed E-state index contributed by atoms with van der Waals surface area (Å²) >= 11 is 3.25. The molecular weight excluding hydrogens is 343 g/mol. The van der Waals surface area contributed by atoms with Gasteiger partial charge in [-0.1, -0.05) is 0 Å². The van der Waals surface area contributed by atoms with Crippen molar-refractivity contribution in [3.8, 4) is 0 Å². The lowest BCUT2D eigenvalue weighted by Crippen LogP contribution is -2.24. The van der Waals surface area contributed by atoms with E-state index in [0.717, 1.165) is 0 Å². The Morgan fingerprint density at radius 2 is 2.25 bits per heavy atom. The predicted molar refractivity (Wildman–Crippen MR) is 65.7 cm³/mol. The number of aryl methyl sites for hydroxylation is 1. The molecule has 2 aromatic heterocycles. The molecule has 0 aliphatic heterocycles. The summed E-state index contributed by atoms with van der Waals surface area (Å²) in [4.78, 5) is 11.7. The number of hydrogen-bond acceptors (Lipinski definition) is 3. The Bertz CT molecular complexity index is 614. The molecule has 0 aromatic carbocycles. The lowest BCUT2D eigenvalue weighted by atomic mass is 10.3. The average Bonchev–Trinajstić information content (AvgIpc) is 2.95. The van der Waals surface area contributed by atoms with Crippen molar-refractivity contribution >= 4 is 21.8 Å². The van der Waals surface area contributed by atoms with Crippen LogP contribution in [0.3, 0.4) is 0 Å². The number of aromatic amines is 1. The fraction of sp³-hybridized carbons (Fsp3) is 0.300. The highest BCUT2D eigenvalue weighted by molar-refractivity contribution is 9.10. The molecule has 0 saturated heterocycles. The lowest BCUT2D eigenvalue weighted by molar-refractivity contribution is -0.141. The van der Waals surface area contributed by atoms with Gasteiger partial charge >= 0.3 is 6.18 Å². The molecule has 108 valence electrons. The molecule has 2 N–H and O–H groups in total. The van der Waals surface area contributed by atoms with Gasteiger partial charge in [0, 0.05) is 13.1 Å². The second kappa shape index (κ2) is 5.27. The lowest BCUT2D eigenvalue weighted by Gasteiger charge is -2.04. The number of rotatable bonds is 3. The number of hydrogen-bond donors (Lipinski definition) is 2. The van der Waals surface area contributed by atoms with Gasteiger partial charge in [0.15, 0.2) is 5.69 Å². The van der Waals surface area contributed by atoms with Gasteiger partial charge in [0.2, 0.25) is 0 Å². The summed E-state index contributed by atoms with van der Waals surface area (Å²) in [5, 5.41) is 11.5. The van der Waals surface area contributed by atoms with Crippen molar-refractivity contribution in [3.05, 3.63) is 33.8 Å². The largest absolute Gasteiger partial charge is 0.432 e. The first-order valence-corrected chi connectivity index (χ1v) is 6.15. The smallest absolute Gasteiger partial charge is 0.345 e. The fourth-order valence-corrected chi connectivity index (χ4v) is 1.96. The molecule has 0 unspecified atom stereocenters. The van der Waals surface area contributed by atoms with Crippen molar-refractivity contribution in [2.24, 2.45) is 7.05 Å². The fourth-order valence-electron chi connectivity index (χ4n) is 1.47. The molecule has 6 nitrogen and oxygen atoms in total. The first-order valence-electron chi connectivity index (χ1n) is 5.36. The number of aromatic nitrogens is 4. The van der Waals surface area contributed by atoms with Crippen molar-refractivity contribution in [3.63, 3.8) is 0 Å². The van der Waals surface area contributed by atoms with E-state index in [4.69, 9.17) is 0 Å². The minimum atomic E-state index is -4.56. The minimum absolute atomic E-state index is 0.115. The summed E-state index contributed by atoms with van der Waals surface area (Å²) in [6, 6.07) is 0.660. The molecule has 0 spiro atoms. The van der Waals surface area contributed by atoms with E-state index < -0.39 is 17.8 Å². The quantitative estimate of drug-likeness (QED) is 0.886. The topological polar surface area (TPSA) is 75.6 Å². The van der Waals surface area contributed by atoms with Crippen LogP contribution >= 0.6 is 15.9 Å². The molecule has 20 heavy (non-hydrogen) atoms. The number of nitrogens with zero attached hydrogens (tertiary/aromatic N) is 3. The second-order valence-corrected chi connectivity index (χ2v) is 4.76. The molecule has 2 aromatic rings. The Morgan fingerprint density at radius 1 is 1.55 bits per heavy atom. The number of amides is 1. The van der Waals surface area contributed by atoms with E-state index in [9.17, 15) is 18.0 Å². The molecular formula is C10H9BrF3N5O. The summed E-state index contributed by atoms with van der Waals surface area (Å²) < 4.78 is 39.3. The third-order valence-corrected chi connectivity index (χ3v) is 3.21. The Labute approximate surface area is 119 Å². The highest BCUT2D eigenvalue weighted by Crippen LogP contribution is 2.27. The van der Waals surface area contributed by atoms with Crippen LogP contribution in [0.2, 0.25) is 0 Å². The highest BCUT2D eigenvalue weighted by atomic mass is 79.9. The molecule has 0 atom stereocenters. The van der Waals surface area contributed by atoms with Gasteiger partial charge in [-0.2, -0.15) is 23.4 Å². The molecule has 0 aliphatic rings. The van der Waals surface area contributed by atoms with Gasteiger partial charge in [-0.25, -0.2) is 0 Å². The zero-order chi connectivity index (χ0) is 14.9. The first-order chi connectivity index (χ1) is 9.29. The van der Waals surface area contributed by atoms with Gasteiger partial charge in [-0.05, 0) is 15.9 Å². The number of alkyl halides is 3. The Morgan fingerprint density at radius 3 is 2.75 bits per heavy atom. The van der Waals surface area contributed by atoms with E-state index >= 15 is 0 Å². The number of carbonyl (C=O) groups excluding carboxylic acids is 1. The van der Waals surface area contributed by atoms with Crippen LogP contribution in [0.15, 0.2) is 16.7 Å². The monoisotopic (exact) mass is 351 g/mol. The molecule has 10 heteroatoms. The summed E-state index contributed by atoms with van der Waals surface area (Å²) in [5.74, 6) is -0.704. The maximum absolute atomic E-state index is 12.4. The SMILES string of the molecule is Cn1ncc(Br)c1CNC(=O)c1cc(C(F)(F)F)[nH]n1.